The van der Waals surface area contributed by atoms with E-state index < -0.39 is 0 Å². The zero-order valence-corrected chi connectivity index (χ0v) is 8.05. The van der Waals surface area contributed by atoms with Crippen molar-refractivity contribution < 1.29 is 0 Å². The number of hydrogen-bond acceptors (Lipinski definition) is 2. The third-order valence-electron chi connectivity index (χ3n) is 3.41. The highest BCUT2D eigenvalue weighted by Gasteiger charge is 2.31. The molecule has 1 aliphatic carbocycles. The van der Waals surface area contributed by atoms with Crippen molar-refractivity contribution in [2.75, 3.05) is 19.6 Å². The summed E-state index contributed by atoms with van der Waals surface area (Å²) in [5, 5.41) is 3.64. The van der Waals surface area contributed by atoms with Crippen molar-refractivity contribution in [3.05, 3.63) is 0 Å². The highest BCUT2D eigenvalue weighted by Crippen LogP contribution is 2.24. The van der Waals surface area contributed by atoms with Crippen molar-refractivity contribution >= 4 is 0 Å². The van der Waals surface area contributed by atoms with Crippen molar-refractivity contribution in [3.63, 3.8) is 0 Å². The summed E-state index contributed by atoms with van der Waals surface area (Å²) in [4.78, 5) is 2.65. The summed E-state index contributed by atoms with van der Waals surface area (Å²) in [6.07, 6.45) is 5.71. The predicted molar refractivity (Wildman–Crippen MR) is 51.3 cm³/mol. The smallest absolute Gasteiger partial charge is 0.0249 e. The Morgan fingerprint density at radius 1 is 1.33 bits per heavy atom. The first kappa shape index (κ1) is 8.52. The number of likely N-dealkylation sites (N-methyl/N-ethyl adjacent to an activating group) is 1. The van der Waals surface area contributed by atoms with Crippen LogP contribution in [0, 0.1) is 0 Å². The Morgan fingerprint density at radius 2 is 2.17 bits per heavy atom. The predicted octanol–water partition coefficient (Wildman–Crippen LogP) is 1.22. The molecule has 0 radical (unpaired) electrons. The fraction of sp³-hybridized carbons (Fsp3) is 1.00. The molecule has 12 heavy (non-hydrogen) atoms. The molecule has 0 bridgehead atoms. The van der Waals surface area contributed by atoms with E-state index in [9.17, 15) is 0 Å². The van der Waals surface area contributed by atoms with Gasteiger partial charge in [0.05, 0.1) is 0 Å². The number of hydrogen-bond donors (Lipinski definition) is 1. The van der Waals surface area contributed by atoms with E-state index in [0.29, 0.717) is 0 Å². The van der Waals surface area contributed by atoms with Gasteiger partial charge in [-0.25, -0.2) is 0 Å². The van der Waals surface area contributed by atoms with E-state index in [1.54, 1.807) is 0 Å². The number of nitrogens with one attached hydrogen (secondary N) is 1. The van der Waals surface area contributed by atoms with Gasteiger partial charge in [-0.05, 0) is 19.4 Å². The molecule has 0 aromatic carbocycles. The first-order valence-corrected chi connectivity index (χ1v) is 5.39. The van der Waals surface area contributed by atoms with Gasteiger partial charge in [0.1, 0.15) is 0 Å². The van der Waals surface area contributed by atoms with Gasteiger partial charge in [-0.2, -0.15) is 0 Å². The maximum atomic E-state index is 3.64. The minimum Gasteiger partial charge on any atom is -0.311 e. The lowest BCUT2D eigenvalue weighted by molar-refractivity contribution is 0.0935. The number of nitrogens with zero attached hydrogens (tertiary/aromatic N) is 1. The Morgan fingerprint density at radius 3 is 3.00 bits per heavy atom. The molecule has 2 atom stereocenters. The van der Waals surface area contributed by atoms with Crippen molar-refractivity contribution in [1.82, 2.24) is 10.2 Å². The maximum absolute atomic E-state index is 3.64. The summed E-state index contributed by atoms with van der Waals surface area (Å²) < 4.78 is 0. The van der Waals surface area contributed by atoms with Gasteiger partial charge >= 0.3 is 0 Å². The quantitative estimate of drug-likeness (QED) is 0.633. The summed E-state index contributed by atoms with van der Waals surface area (Å²) in [7, 11) is 0. The molecule has 0 spiro atoms. The molecule has 0 aromatic rings. The second-order valence-electron chi connectivity index (χ2n) is 4.04. The van der Waals surface area contributed by atoms with E-state index in [1.165, 1.54) is 45.3 Å². The van der Waals surface area contributed by atoms with Crippen LogP contribution in [0.2, 0.25) is 0 Å². The molecule has 1 aliphatic heterocycles. The van der Waals surface area contributed by atoms with Gasteiger partial charge < -0.3 is 5.32 Å². The van der Waals surface area contributed by atoms with Crippen LogP contribution in [-0.2, 0) is 0 Å². The fourth-order valence-electron chi connectivity index (χ4n) is 2.74. The molecule has 0 unspecified atom stereocenters. The molecule has 0 amide bonds. The van der Waals surface area contributed by atoms with Crippen LogP contribution in [0.25, 0.3) is 0 Å². The van der Waals surface area contributed by atoms with E-state index in [4.69, 9.17) is 0 Å². The molecule has 1 saturated heterocycles. The molecule has 2 aliphatic rings. The zero-order chi connectivity index (χ0) is 8.39. The van der Waals surface area contributed by atoms with E-state index in [0.717, 1.165) is 12.1 Å². The second-order valence-corrected chi connectivity index (χ2v) is 4.04. The summed E-state index contributed by atoms with van der Waals surface area (Å²) in [5.74, 6) is 0. The average molecular weight is 168 g/mol. The Kier molecular flexibility index (Phi) is 2.66. The number of fused-ring (bicyclic) bond motifs is 1. The van der Waals surface area contributed by atoms with Crippen LogP contribution < -0.4 is 5.32 Å². The Hall–Kier alpha value is -0.0800. The van der Waals surface area contributed by atoms with Gasteiger partial charge in [0.15, 0.2) is 0 Å². The van der Waals surface area contributed by atoms with Gasteiger partial charge in [-0.1, -0.05) is 19.8 Å². The first-order valence-electron chi connectivity index (χ1n) is 5.39. The van der Waals surface area contributed by atoms with Crippen LogP contribution in [0.3, 0.4) is 0 Å². The summed E-state index contributed by atoms with van der Waals surface area (Å²) in [6.45, 7) is 5.99. The van der Waals surface area contributed by atoms with Crippen molar-refractivity contribution in [1.29, 1.82) is 0 Å². The molecular weight excluding hydrogens is 148 g/mol. The molecule has 2 rings (SSSR count). The number of piperazine rings is 1. The van der Waals surface area contributed by atoms with Gasteiger partial charge in [0, 0.05) is 25.2 Å². The fourth-order valence-corrected chi connectivity index (χ4v) is 2.74. The SMILES string of the molecule is CCN1CCN[C@H]2CCCC[C@@H]21. The summed E-state index contributed by atoms with van der Waals surface area (Å²) in [6, 6.07) is 1.67. The molecule has 2 nitrogen and oxygen atoms in total. The average Bonchev–Trinajstić information content (AvgIpc) is 2.17. The molecule has 70 valence electrons. The van der Waals surface area contributed by atoms with Gasteiger partial charge in [-0.15, -0.1) is 0 Å². The normalized spacial score (nSPS) is 37.8. The van der Waals surface area contributed by atoms with Crippen LogP contribution in [-0.4, -0.2) is 36.6 Å². The largest absolute Gasteiger partial charge is 0.311 e. The van der Waals surface area contributed by atoms with Gasteiger partial charge in [0.25, 0.3) is 0 Å². The van der Waals surface area contributed by atoms with E-state index in [-0.39, 0.29) is 0 Å². The molecule has 2 fully saturated rings. The lowest BCUT2D eigenvalue weighted by Gasteiger charge is -2.44. The second kappa shape index (κ2) is 3.75. The van der Waals surface area contributed by atoms with Crippen molar-refractivity contribution in [2.24, 2.45) is 0 Å². The molecular formula is C10H20N2. The Labute approximate surface area is 75.3 Å². The van der Waals surface area contributed by atoms with E-state index in [2.05, 4.69) is 17.1 Å². The minimum absolute atomic E-state index is 0.812. The minimum atomic E-state index is 0.812. The molecule has 1 N–H and O–H groups in total. The Bertz CT molecular complexity index is 138. The molecule has 1 heterocycles. The van der Waals surface area contributed by atoms with Crippen LogP contribution in [0.5, 0.6) is 0 Å². The zero-order valence-electron chi connectivity index (χ0n) is 8.05. The lowest BCUT2D eigenvalue weighted by atomic mass is 9.88. The lowest BCUT2D eigenvalue weighted by Crippen LogP contribution is -2.58. The van der Waals surface area contributed by atoms with E-state index in [1.807, 2.05) is 0 Å². The third-order valence-corrected chi connectivity index (χ3v) is 3.41. The van der Waals surface area contributed by atoms with Crippen LogP contribution in [0.1, 0.15) is 32.6 Å². The highest BCUT2D eigenvalue weighted by molar-refractivity contribution is 4.91. The topological polar surface area (TPSA) is 15.3 Å². The molecule has 0 aromatic heterocycles. The van der Waals surface area contributed by atoms with Crippen molar-refractivity contribution in [2.45, 2.75) is 44.7 Å². The van der Waals surface area contributed by atoms with Gasteiger partial charge in [0.2, 0.25) is 0 Å². The summed E-state index contributed by atoms with van der Waals surface area (Å²) in [5.41, 5.74) is 0. The highest BCUT2D eigenvalue weighted by atomic mass is 15.2. The molecule has 1 saturated carbocycles. The number of rotatable bonds is 1. The van der Waals surface area contributed by atoms with Crippen LogP contribution >= 0.6 is 0 Å². The monoisotopic (exact) mass is 168 g/mol. The maximum Gasteiger partial charge on any atom is 0.0249 e. The van der Waals surface area contributed by atoms with Crippen molar-refractivity contribution in [3.8, 4) is 0 Å². The van der Waals surface area contributed by atoms with Gasteiger partial charge in [-0.3, -0.25) is 4.90 Å². The van der Waals surface area contributed by atoms with Crippen LogP contribution in [0.4, 0.5) is 0 Å². The summed E-state index contributed by atoms with van der Waals surface area (Å²) >= 11 is 0. The molecule has 2 heteroatoms. The van der Waals surface area contributed by atoms with Crippen LogP contribution in [0.15, 0.2) is 0 Å². The first-order chi connectivity index (χ1) is 5.92. The third kappa shape index (κ3) is 1.50. The van der Waals surface area contributed by atoms with E-state index >= 15 is 0 Å². The standard InChI is InChI=1S/C10H20N2/c1-2-12-8-7-11-9-5-3-4-6-10(9)12/h9-11H,2-8H2,1H3/t9-,10-/m0/s1. The Balaban J connectivity index is 1.99.